The molecule has 5 heteroatoms. The lowest BCUT2D eigenvalue weighted by Crippen LogP contribution is -2.18. The normalized spacial score (nSPS) is 10.3. The van der Waals surface area contributed by atoms with E-state index in [0.29, 0.717) is 17.4 Å². The van der Waals surface area contributed by atoms with Crippen LogP contribution in [0.5, 0.6) is 11.6 Å². The van der Waals surface area contributed by atoms with Crippen LogP contribution in [-0.4, -0.2) is 15.9 Å². The van der Waals surface area contributed by atoms with Gasteiger partial charge >= 0.3 is 0 Å². The Bertz CT molecular complexity index is 538. The summed E-state index contributed by atoms with van der Waals surface area (Å²) in [6.45, 7) is 3.63. The van der Waals surface area contributed by atoms with Crippen molar-refractivity contribution >= 4 is 11.7 Å². The van der Waals surface area contributed by atoms with Gasteiger partial charge in [0.25, 0.3) is 0 Å². The molecular weight excluding hydrogens is 242 g/mol. The second-order valence-electron chi connectivity index (χ2n) is 4.30. The Morgan fingerprint density at radius 1 is 1.16 bits per heavy atom. The van der Waals surface area contributed by atoms with Crippen LogP contribution in [0.3, 0.4) is 0 Å². The van der Waals surface area contributed by atoms with E-state index in [1.54, 1.807) is 0 Å². The first-order chi connectivity index (χ1) is 9.15. The number of hydrogen-bond donors (Lipinski definition) is 1. The van der Waals surface area contributed by atoms with E-state index in [2.05, 4.69) is 15.3 Å². The molecule has 0 spiro atoms. The van der Waals surface area contributed by atoms with E-state index in [4.69, 9.17) is 4.74 Å². The van der Waals surface area contributed by atoms with E-state index in [9.17, 15) is 4.79 Å². The summed E-state index contributed by atoms with van der Waals surface area (Å²) in [6, 6.07) is 9.31. The zero-order chi connectivity index (χ0) is 13.7. The van der Waals surface area contributed by atoms with Crippen LogP contribution >= 0.6 is 0 Å². The Labute approximate surface area is 111 Å². The second kappa shape index (κ2) is 5.95. The van der Waals surface area contributed by atoms with Gasteiger partial charge < -0.3 is 10.1 Å². The molecule has 0 bridgehead atoms. The molecule has 98 valence electrons. The first-order valence-electron chi connectivity index (χ1n) is 6.01. The van der Waals surface area contributed by atoms with Crippen molar-refractivity contribution in [3.8, 4) is 11.6 Å². The number of amides is 1. The topological polar surface area (TPSA) is 64.1 Å². The van der Waals surface area contributed by atoms with Crippen LogP contribution in [0.4, 0.5) is 5.82 Å². The molecule has 5 nitrogen and oxygen atoms in total. The third-order valence-corrected chi connectivity index (χ3v) is 2.37. The monoisotopic (exact) mass is 257 g/mol. The van der Waals surface area contributed by atoms with Gasteiger partial charge in [-0.1, -0.05) is 32.0 Å². The van der Waals surface area contributed by atoms with Gasteiger partial charge in [-0.15, -0.1) is 0 Å². The standard InChI is InChI=1S/C14H15N3O2/c1-10(2)14(18)17-12-8-16-13(9-15-12)19-11-6-4-3-5-7-11/h3-10H,1-2H3,(H,15,17,18). The molecule has 0 atom stereocenters. The van der Waals surface area contributed by atoms with Crippen molar-refractivity contribution in [2.45, 2.75) is 13.8 Å². The van der Waals surface area contributed by atoms with Gasteiger partial charge in [-0.05, 0) is 12.1 Å². The smallest absolute Gasteiger partial charge is 0.237 e. The lowest BCUT2D eigenvalue weighted by atomic mass is 10.2. The predicted octanol–water partition coefficient (Wildman–Crippen LogP) is 2.86. The maximum Gasteiger partial charge on any atom is 0.237 e. The van der Waals surface area contributed by atoms with Gasteiger partial charge in [-0.2, -0.15) is 0 Å². The number of benzene rings is 1. The maximum atomic E-state index is 11.5. The molecule has 0 unspecified atom stereocenters. The molecule has 0 saturated carbocycles. The molecule has 0 fully saturated rings. The Morgan fingerprint density at radius 2 is 1.89 bits per heavy atom. The van der Waals surface area contributed by atoms with Crippen LogP contribution in [0.1, 0.15) is 13.8 Å². The summed E-state index contributed by atoms with van der Waals surface area (Å²) in [4.78, 5) is 19.6. The number of aromatic nitrogens is 2. The predicted molar refractivity (Wildman–Crippen MR) is 72.0 cm³/mol. The summed E-state index contributed by atoms with van der Waals surface area (Å²) < 4.78 is 5.50. The molecule has 19 heavy (non-hydrogen) atoms. The number of para-hydroxylation sites is 1. The van der Waals surface area contributed by atoms with E-state index in [0.717, 1.165) is 0 Å². The molecule has 2 aromatic rings. The fraction of sp³-hybridized carbons (Fsp3) is 0.214. The third kappa shape index (κ3) is 3.77. The van der Waals surface area contributed by atoms with Crippen LogP contribution in [0, 0.1) is 5.92 Å². The van der Waals surface area contributed by atoms with E-state index in [1.807, 2.05) is 44.2 Å². The van der Waals surface area contributed by atoms with E-state index >= 15 is 0 Å². The van der Waals surface area contributed by atoms with E-state index < -0.39 is 0 Å². The lowest BCUT2D eigenvalue weighted by molar-refractivity contribution is -0.118. The molecule has 1 amide bonds. The first kappa shape index (κ1) is 13.0. The Balaban J connectivity index is 2.01. The zero-order valence-corrected chi connectivity index (χ0v) is 10.8. The number of hydrogen-bond acceptors (Lipinski definition) is 4. The highest BCUT2D eigenvalue weighted by Crippen LogP contribution is 2.18. The molecule has 2 rings (SSSR count). The number of carbonyl (C=O) groups is 1. The number of nitrogens with zero attached hydrogens (tertiary/aromatic N) is 2. The van der Waals surface area contributed by atoms with Crippen molar-refractivity contribution < 1.29 is 9.53 Å². The molecule has 1 aromatic heterocycles. The van der Waals surface area contributed by atoms with Crippen molar-refractivity contribution in [3.63, 3.8) is 0 Å². The van der Waals surface area contributed by atoms with Gasteiger partial charge in [0, 0.05) is 5.92 Å². The molecule has 1 heterocycles. The fourth-order valence-electron chi connectivity index (χ4n) is 1.31. The maximum absolute atomic E-state index is 11.5. The lowest BCUT2D eigenvalue weighted by Gasteiger charge is -2.07. The number of ether oxygens (including phenoxy) is 1. The van der Waals surface area contributed by atoms with Crippen LogP contribution in [0.2, 0.25) is 0 Å². The largest absolute Gasteiger partial charge is 0.438 e. The van der Waals surface area contributed by atoms with E-state index in [-0.39, 0.29) is 11.8 Å². The number of rotatable bonds is 4. The first-order valence-corrected chi connectivity index (χ1v) is 6.01. The number of anilines is 1. The molecule has 0 aliphatic heterocycles. The Hall–Kier alpha value is -2.43. The molecule has 1 N–H and O–H groups in total. The van der Waals surface area contributed by atoms with Crippen LogP contribution in [-0.2, 0) is 4.79 Å². The molecule has 0 aliphatic rings. The summed E-state index contributed by atoms with van der Waals surface area (Å²) in [5.41, 5.74) is 0. The molecular formula is C14H15N3O2. The summed E-state index contributed by atoms with van der Waals surface area (Å²) in [6.07, 6.45) is 2.95. The molecule has 1 aromatic carbocycles. The van der Waals surface area contributed by atoms with Crippen molar-refractivity contribution in [3.05, 3.63) is 42.7 Å². The van der Waals surface area contributed by atoms with Gasteiger partial charge in [0.2, 0.25) is 11.8 Å². The van der Waals surface area contributed by atoms with Crippen molar-refractivity contribution in [2.24, 2.45) is 5.92 Å². The van der Waals surface area contributed by atoms with Crippen molar-refractivity contribution in [1.82, 2.24) is 9.97 Å². The molecule has 0 saturated heterocycles. The van der Waals surface area contributed by atoms with E-state index in [1.165, 1.54) is 12.4 Å². The van der Waals surface area contributed by atoms with Crippen LogP contribution in [0.25, 0.3) is 0 Å². The average molecular weight is 257 g/mol. The zero-order valence-electron chi connectivity index (χ0n) is 10.8. The third-order valence-electron chi connectivity index (χ3n) is 2.37. The fourth-order valence-corrected chi connectivity index (χ4v) is 1.31. The SMILES string of the molecule is CC(C)C(=O)Nc1cnc(Oc2ccccc2)cn1. The van der Waals surface area contributed by atoms with Gasteiger partial charge in [0.1, 0.15) is 5.75 Å². The summed E-state index contributed by atoms with van der Waals surface area (Å²) in [5, 5.41) is 2.66. The van der Waals surface area contributed by atoms with Crippen LogP contribution in [0.15, 0.2) is 42.7 Å². The summed E-state index contributed by atoms with van der Waals surface area (Å²) in [7, 11) is 0. The van der Waals surface area contributed by atoms with Gasteiger partial charge in [-0.3, -0.25) is 4.79 Å². The Kier molecular flexibility index (Phi) is 4.07. The summed E-state index contributed by atoms with van der Waals surface area (Å²) in [5.74, 6) is 1.30. The minimum atomic E-state index is -0.0953. The van der Waals surface area contributed by atoms with Crippen LogP contribution < -0.4 is 10.1 Å². The van der Waals surface area contributed by atoms with Crippen molar-refractivity contribution in [2.75, 3.05) is 5.32 Å². The number of nitrogens with one attached hydrogen (secondary N) is 1. The highest BCUT2D eigenvalue weighted by atomic mass is 16.5. The minimum absolute atomic E-state index is 0.0916. The van der Waals surface area contributed by atoms with Crippen molar-refractivity contribution in [1.29, 1.82) is 0 Å². The molecule has 0 aliphatic carbocycles. The Morgan fingerprint density at radius 3 is 2.47 bits per heavy atom. The molecule has 0 radical (unpaired) electrons. The number of carbonyl (C=O) groups excluding carboxylic acids is 1. The van der Waals surface area contributed by atoms with Gasteiger partial charge in [-0.25, -0.2) is 9.97 Å². The van der Waals surface area contributed by atoms with Gasteiger partial charge in [0.15, 0.2) is 5.82 Å². The second-order valence-corrected chi connectivity index (χ2v) is 4.30. The quantitative estimate of drug-likeness (QED) is 0.914. The van der Waals surface area contributed by atoms with Gasteiger partial charge in [0.05, 0.1) is 12.4 Å². The summed E-state index contributed by atoms with van der Waals surface area (Å²) >= 11 is 0. The average Bonchev–Trinajstić information content (AvgIpc) is 2.42. The highest BCUT2D eigenvalue weighted by molar-refractivity contribution is 5.90. The highest BCUT2D eigenvalue weighted by Gasteiger charge is 2.08. The minimum Gasteiger partial charge on any atom is -0.438 e.